The van der Waals surface area contributed by atoms with Gasteiger partial charge in [-0.1, -0.05) is 18.5 Å². The number of aromatic nitrogens is 3. The van der Waals surface area contributed by atoms with Crippen molar-refractivity contribution in [3.63, 3.8) is 0 Å². The van der Waals surface area contributed by atoms with Crippen LogP contribution >= 0.6 is 11.6 Å². The van der Waals surface area contributed by atoms with Crippen LogP contribution in [0.4, 0.5) is 4.39 Å². The van der Waals surface area contributed by atoms with Gasteiger partial charge in [0.25, 0.3) is 0 Å². The summed E-state index contributed by atoms with van der Waals surface area (Å²) in [4.78, 5) is 4.21. The Morgan fingerprint density at radius 3 is 3.00 bits per heavy atom. The molecule has 84 valence electrons. The van der Waals surface area contributed by atoms with Crippen LogP contribution in [0.3, 0.4) is 0 Å². The van der Waals surface area contributed by atoms with Gasteiger partial charge in [0.15, 0.2) is 5.82 Å². The Morgan fingerprint density at radius 1 is 1.44 bits per heavy atom. The molecule has 0 aliphatic heterocycles. The molecule has 0 fully saturated rings. The summed E-state index contributed by atoms with van der Waals surface area (Å²) in [5.74, 6) is 0.742. The van der Waals surface area contributed by atoms with Crippen LogP contribution < -0.4 is 0 Å². The van der Waals surface area contributed by atoms with Crippen molar-refractivity contribution in [1.29, 1.82) is 0 Å². The van der Waals surface area contributed by atoms with Gasteiger partial charge in [-0.25, -0.2) is 9.37 Å². The minimum Gasteiger partial charge on any atom is -0.263 e. The van der Waals surface area contributed by atoms with Gasteiger partial charge in [-0.05, 0) is 24.6 Å². The average Bonchev–Trinajstić information content (AvgIpc) is 2.71. The normalized spacial score (nSPS) is 10.7. The van der Waals surface area contributed by atoms with E-state index < -0.39 is 0 Å². The first-order chi connectivity index (χ1) is 7.70. The Hall–Kier alpha value is -1.42. The molecular formula is C11H11ClFN3. The smallest absolute Gasteiger partial charge is 0.184 e. The SMILES string of the molecule is CCCc1nc(-c2cc(Cl)ccc2F)n[nH]1. The number of aryl methyl sites for hydroxylation is 1. The lowest BCUT2D eigenvalue weighted by atomic mass is 10.2. The molecule has 2 aromatic rings. The van der Waals surface area contributed by atoms with Gasteiger partial charge in [0.2, 0.25) is 0 Å². The van der Waals surface area contributed by atoms with E-state index in [1.54, 1.807) is 0 Å². The Bertz CT molecular complexity index is 496. The summed E-state index contributed by atoms with van der Waals surface area (Å²) in [6.07, 6.45) is 1.77. The van der Waals surface area contributed by atoms with Gasteiger partial charge in [-0.3, -0.25) is 5.10 Å². The van der Waals surface area contributed by atoms with Gasteiger partial charge < -0.3 is 0 Å². The summed E-state index contributed by atoms with van der Waals surface area (Å²) < 4.78 is 13.5. The first kappa shape index (κ1) is 11.1. The quantitative estimate of drug-likeness (QED) is 0.894. The van der Waals surface area contributed by atoms with Gasteiger partial charge in [0, 0.05) is 11.4 Å². The molecule has 0 spiro atoms. The number of hydrogen-bond acceptors (Lipinski definition) is 2. The summed E-state index contributed by atoms with van der Waals surface area (Å²) in [6.45, 7) is 2.04. The van der Waals surface area contributed by atoms with Crippen LogP contribution in [0.2, 0.25) is 5.02 Å². The first-order valence-electron chi connectivity index (χ1n) is 5.07. The van der Waals surface area contributed by atoms with Crippen LogP contribution in [-0.4, -0.2) is 15.2 Å². The first-order valence-corrected chi connectivity index (χ1v) is 5.45. The van der Waals surface area contributed by atoms with Crippen LogP contribution in [0.15, 0.2) is 18.2 Å². The molecule has 1 N–H and O–H groups in total. The minimum absolute atomic E-state index is 0.325. The second kappa shape index (κ2) is 4.61. The molecule has 0 saturated heterocycles. The van der Waals surface area contributed by atoms with Crippen LogP contribution in [-0.2, 0) is 6.42 Å². The number of nitrogens with zero attached hydrogens (tertiary/aromatic N) is 2. The lowest BCUT2D eigenvalue weighted by Gasteiger charge is -1.98. The molecule has 3 nitrogen and oxygen atoms in total. The van der Waals surface area contributed by atoms with E-state index in [0.717, 1.165) is 18.7 Å². The zero-order chi connectivity index (χ0) is 11.5. The molecule has 5 heteroatoms. The molecule has 0 amide bonds. The molecule has 0 radical (unpaired) electrons. The van der Waals surface area contributed by atoms with Crippen molar-refractivity contribution in [3.8, 4) is 11.4 Å². The van der Waals surface area contributed by atoms with E-state index in [0.29, 0.717) is 16.4 Å². The van der Waals surface area contributed by atoms with Crippen molar-refractivity contribution in [2.75, 3.05) is 0 Å². The van der Waals surface area contributed by atoms with E-state index in [4.69, 9.17) is 11.6 Å². The maximum atomic E-state index is 13.5. The molecule has 1 aromatic heterocycles. The van der Waals surface area contributed by atoms with E-state index in [1.165, 1.54) is 18.2 Å². The van der Waals surface area contributed by atoms with Crippen LogP contribution in [0.25, 0.3) is 11.4 Å². The number of H-pyrrole nitrogens is 1. The number of halogens is 2. The number of hydrogen-bond donors (Lipinski definition) is 1. The number of nitrogens with one attached hydrogen (secondary N) is 1. The predicted octanol–water partition coefficient (Wildman–Crippen LogP) is 3.22. The van der Waals surface area contributed by atoms with Gasteiger partial charge in [0.05, 0.1) is 5.56 Å². The molecule has 16 heavy (non-hydrogen) atoms. The molecule has 0 saturated carbocycles. The third kappa shape index (κ3) is 2.22. The topological polar surface area (TPSA) is 41.6 Å². The summed E-state index contributed by atoms with van der Waals surface area (Å²) in [5.41, 5.74) is 0.325. The summed E-state index contributed by atoms with van der Waals surface area (Å²) in [5, 5.41) is 7.22. The van der Waals surface area contributed by atoms with Crippen molar-refractivity contribution in [2.45, 2.75) is 19.8 Å². The monoisotopic (exact) mass is 239 g/mol. The Balaban J connectivity index is 2.38. The molecule has 0 unspecified atom stereocenters. The maximum absolute atomic E-state index is 13.5. The summed E-state index contributed by atoms with van der Waals surface area (Å²) in [7, 11) is 0. The van der Waals surface area contributed by atoms with E-state index in [9.17, 15) is 4.39 Å². The van der Waals surface area contributed by atoms with Crippen LogP contribution in [0.5, 0.6) is 0 Å². The van der Waals surface area contributed by atoms with Crippen LogP contribution in [0, 0.1) is 5.82 Å². The van der Waals surface area contributed by atoms with E-state index >= 15 is 0 Å². The number of aromatic amines is 1. The fraction of sp³-hybridized carbons (Fsp3) is 0.273. The number of benzene rings is 1. The van der Waals surface area contributed by atoms with Gasteiger partial charge in [-0.15, -0.1) is 0 Å². The molecule has 2 rings (SSSR count). The van der Waals surface area contributed by atoms with Gasteiger partial charge in [0.1, 0.15) is 11.6 Å². The predicted molar refractivity (Wildman–Crippen MR) is 60.8 cm³/mol. The molecular weight excluding hydrogens is 229 g/mol. The Labute approximate surface area is 97.7 Å². The van der Waals surface area contributed by atoms with Crippen molar-refractivity contribution >= 4 is 11.6 Å². The fourth-order valence-corrected chi connectivity index (χ4v) is 1.61. The lowest BCUT2D eigenvalue weighted by Crippen LogP contribution is -1.87. The minimum atomic E-state index is -0.369. The van der Waals surface area contributed by atoms with Crippen molar-refractivity contribution in [1.82, 2.24) is 15.2 Å². The maximum Gasteiger partial charge on any atom is 0.184 e. The zero-order valence-corrected chi connectivity index (χ0v) is 9.55. The van der Waals surface area contributed by atoms with E-state index in [2.05, 4.69) is 15.2 Å². The summed E-state index contributed by atoms with van der Waals surface area (Å²) >= 11 is 5.80. The largest absolute Gasteiger partial charge is 0.263 e. The standard InChI is InChI=1S/C11H11ClFN3/c1-2-3-10-14-11(16-15-10)8-6-7(12)4-5-9(8)13/h4-6H,2-3H2,1H3,(H,14,15,16). The molecule has 0 aliphatic carbocycles. The van der Waals surface area contributed by atoms with Crippen molar-refractivity contribution in [3.05, 3.63) is 34.9 Å². The van der Waals surface area contributed by atoms with Crippen molar-refractivity contribution in [2.24, 2.45) is 0 Å². The highest BCUT2D eigenvalue weighted by molar-refractivity contribution is 6.30. The average molecular weight is 240 g/mol. The highest BCUT2D eigenvalue weighted by Gasteiger charge is 2.10. The Morgan fingerprint density at radius 2 is 2.25 bits per heavy atom. The third-order valence-corrected chi connectivity index (χ3v) is 2.42. The van der Waals surface area contributed by atoms with Gasteiger partial charge >= 0.3 is 0 Å². The summed E-state index contributed by atoms with van der Waals surface area (Å²) in [6, 6.07) is 4.34. The third-order valence-electron chi connectivity index (χ3n) is 2.19. The second-order valence-electron chi connectivity index (χ2n) is 3.48. The van der Waals surface area contributed by atoms with Crippen LogP contribution in [0.1, 0.15) is 19.2 Å². The zero-order valence-electron chi connectivity index (χ0n) is 8.80. The van der Waals surface area contributed by atoms with E-state index in [1.807, 2.05) is 6.92 Å². The number of rotatable bonds is 3. The lowest BCUT2D eigenvalue weighted by molar-refractivity contribution is 0.630. The highest BCUT2D eigenvalue weighted by Crippen LogP contribution is 2.23. The van der Waals surface area contributed by atoms with E-state index in [-0.39, 0.29) is 5.82 Å². The molecule has 0 aliphatic rings. The van der Waals surface area contributed by atoms with Crippen molar-refractivity contribution < 1.29 is 4.39 Å². The molecule has 0 bridgehead atoms. The second-order valence-corrected chi connectivity index (χ2v) is 3.92. The molecule has 0 atom stereocenters. The molecule has 1 aromatic carbocycles. The Kier molecular flexibility index (Phi) is 3.19. The van der Waals surface area contributed by atoms with Gasteiger partial charge in [-0.2, -0.15) is 5.10 Å². The fourth-order valence-electron chi connectivity index (χ4n) is 1.43. The molecule has 1 heterocycles. The highest BCUT2D eigenvalue weighted by atomic mass is 35.5.